The highest BCUT2D eigenvalue weighted by Crippen LogP contribution is 2.28. The Morgan fingerprint density at radius 2 is 2.10 bits per heavy atom. The third kappa shape index (κ3) is 4.83. The fourth-order valence-corrected chi connectivity index (χ4v) is 3.14. The van der Waals surface area contributed by atoms with Gasteiger partial charge >= 0.3 is 0 Å². The number of carbonyl (C=O) groups is 1. The molecule has 0 atom stereocenters. The Morgan fingerprint density at radius 3 is 2.81 bits per heavy atom. The number of nitrogens with two attached hydrogens (primary N) is 1. The molecule has 0 saturated carbocycles. The minimum atomic E-state index is -0.0560. The van der Waals surface area contributed by atoms with E-state index in [2.05, 4.69) is 30.2 Å². The summed E-state index contributed by atoms with van der Waals surface area (Å²) in [7, 11) is 1.56. The van der Waals surface area contributed by atoms with Crippen LogP contribution in [0.1, 0.15) is 11.4 Å². The number of methoxy groups -OCH3 is 1. The van der Waals surface area contributed by atoms with Gasteiger partial charge in [-0.2, -0.15) is 9.97 Å². The van der Waals surface area contributed by atoms with Crippen LogP contribution in [0.2, 0.25) is 0 Å². The van der Waals surface area contributed by atoms with Gasteiger partial charge in [-0.3, -0.25) is 4.79 Å². The summed E-state index contributed by atoms with van der Waals surface area (Å²) in [6, 6.07) is 5.46. The first-order chi connectivity index (χ1) is 15.0. The first-order valence-corrected chi connectivity index (χ1v) is 9.62. The average molecular weight is 422 g/mol. The number of anilines is 3. The van der Waals surface area contributed by atoms with Crippen molar-refractivity contribution in [2.45, 2.75) is 13.5 Å². The number of hydrogen-bond donors (Lipinski definition) is 2. The number of carbonyl (C=O) groups excluding carboxylic acids is 1. The minimum absolute atomic E-state index is 0.0560. The van der Waals surface area contributed by atoms with Crippen LogP contribution < -0.4 is 15.8 Å². The van der Waals surface area contributed by atoms with Crippen LogP contribution in [0.15, 0.2) is 30.6 Å². The van der Waals surface area contributed by atoms with Crippen LogP contribution >= 0.6 is 0 Å². The molecule has 160 valence electrons. The molecule has 31 heavy (non-hydrogen) atoms. The molecule has 1 aliphatic rings. The molecule has 11 heteroatoms. The molecule has 11 nitrogen and oxygen atoms in total. The minimum Gasteiger partial charge on any atom is -0.481 e. The Balaban J connectivity index is 1.69. The Labute approximate surface area is 178 Å². The number of aromatic nitrogens is 5. The van der Waals surface area contributed by atoms with E-state index in [0.717, 1.165) is 5.56 Å². The lowest BCUT2D eigenvalue weighted by Gasteiger charge is -2.27. The molecule has 0 spiro atoms. The third-order valence-corrected chi connectivity index (χ3v) is 4.62. The summed E-state index contributed by atoms with van der Waals surface area (Å²) in [5.74, 6) is 1.97. The van der Waals surface area contributed by atoms with Crippen LogP contribution in [0.5, 0.6) is 5.88 Å². The molecule has 4 rings (SSSR count). The predicted molar refractivity (Wildman–Crippen MR) is 113 cm³/mol. The summed E-state index contributed by atoms with van der Waals surface area (Å²) in [4.78, 5) is 35.3. The van der Waals surface area contributed by atoms with Crippen molar-refractivity contribution < 1.29 is 14.3 Å². The van der Waals surface area contributed by atoms with E-state index >= 15 is 0 Å². The maximum absolute atomic E-state index is 12.1. The number of nitrogen functional groups attached to an aromatic ring is 1. The molecule has 1 fully saturated rings. The first kappa shape index (κ1) is 20.4. The molecule has 4 heterocycles. The van der Waals surface area contributed by atoms with E-state index in [1.54, 1.807) is 37.4 Å². The van der Waals surface area contributed by atoms with Crippen LogP contribution in [0.4, 0.5) is 17.5 Å². The van der Waals surface area contributed by atoms with Crippen molar-refractivity contribution in [1.82, 2.24) is 29.8 Å². The van der Waals surface area contributed by atoms with Crippen molar-refractivity contribution in [1.29, 1.82) is 0 Å². The quantitative estimate of drug-likeness (QED) is 0.597. The molecule has 0 bridgehead atoms. The monoisotopic (exact) mass is 422 g/mol. The molecule has 1 aliphatic heterocycles. The van der Waals surface area contributed by atoms with E-state index in [9.17, 15) is 4.79 Å². The molecule has 0 aliphatic carbocycles. The summed E-state index contributed by atoms with van der Waals surface area (Å²) in [5.41, 5.74) is 8.02. The second-order valence-electron chi connectivity index (χ2n) is 6.89. The lowest BCUT2D eigenvalue weighted by atomic mass is 10.1. The highest BCUT2D eigenvalue weighted by molar-refractivity contribution is 5.78. The molecular formula is C20H22N8O3. The first-order valence-electron chi connectivity index (χ1n) is 9.62. The summed E-state index contributed by atoms with van der Waals surface area (Å²) < 4.78 is 10.3. The maximum Gasteiger partial charge on any atom is 0.248 e. The van der Waals surface area contributed by atoms with E-state index < -0.39 is 0 Å². The second-order valence-corrected chi connectivity index (χ2v) is 6.89. The van der Waals surface area contributed by atoms with E-state index in [0.29, 0.717) is 54.3 Å². The van der Waals surface area contributed by atoms with Crippen molar-refractivity contribution in [3.63, 3.8) is 0 Å². The van der Waals surface area contributed by atoms with Crippen LogP contribution in [0, 0.1) is 6.92 Å². The highest BCUT2D eigenvalue weighted by atomic mass is 16.5. The molecule has 1 saturated heterocycles. The molecular weight excluding hydrogens is 400 g/mol. The Kier molecular flexibility index (Phi) is 5.85. The van der Waals surface area contributed by atoms with Gasteiger partial charge in [0.1, 0.15) is 18.2 Å². The third-order valence-electron chi connectivity index (χ3n) is 4.62. The number of nitrogens with zero attached hydrogens (tertiary/aromatic N) is 6. The lowest BCUT2D eigenvalue weighted by Crippen LogP contribution is -2.40. The standard InChI is InChI=1S/C20H22N8O3/c1-12-24-19(27-20(21)25-12)15-7-13(10-28-5-6-31-11-17(28)29)8-23-18(15)26-14-3-4-16(30-2)22-9-14/h3-4,7-9H,5-6,10-11H2,1-2H3,(H,23,26)(H2,21,24,25,27). The van der Waals surface area contributed by atoms with E-state index in [1.807, 2.05) is 12.1 Å². The van der Waals surface area contributed by atoms with Gasteiger partial charge in [-0.1, -0.05) is 0 Å². The van der Waals surface area contributed by atoms with Gasteiger partial charge in [0.2, 0.25) is 17.7 Å². The number of ether oxygens (including phenoxy) is 2. The second kappa shape index (κ2) is 8.88. The van der Waals surface area contributed by atoms with Gasteiger partial charge in [0.05, 0.1) is 31.2 Å². The van der Waals surface area contributed by atoms with Crippen molar-refractivity contribution >= 4 is 23.4 Å². The maximum atomic E-state index is 12.1. The fourth-order valence-electron chi connectivity index (χ4n) is 3.14. The Morgan fingerprint density at radius 1 is 1.23 bits per heavy atom. The number of rotatable bonds is 6. The zero-order chi connectivity index (χ0) is 21.8. The molecule has 0 unspecified atom stereocenters. The summed E-state index contributed by atoms with van der Waals surface area (Å²) >= 11 is 0. The number of hydrogen-bond acceptors (Lipinski definition) is 10. The number of aryl methyl sites for hydroxylation is 1. The van der Waals surface area contributed by atoms with Crippen LogP contribution in [0.25, 0.3) is 11.4 Å². The zero-order valence-corrected chi connectivity index (χ0v) is 17.2. The van der Waals surface area contributed by atoms with E-state index in [4.69, 9.17) is 15.2 Å². The number of nitrogens with one attached hydrogen (secondary N) is 1. The van der Waals surface area contributed by atoms with Gasteiger partial charge in [0, 0.05) is 25.4 Å². The smallest absolute Gasteiger partial charge is 0.248 e. The highest BCUT2D eigenvalue weighted by Gasteiger charge is 2.20. The topological polar surface area (TPSA) is 141 Å². The van der Waals surface area contributed by atoms with Gasteiger partial charge in [-0.15, -0.1) is 0 Å². The number of amides is 1. The summed E-state index contributed by atoms with van der Waals surface area (Å²) in [6.07, 6.45) is 3.35. The fraction of sp³-hybridized carbons (Fsp3) is 0.300. The zero-order valence-electron chi connectivity index (χ0n) is 17.2. The predicted octanol–water partition coefficient (Wildman–Crippen LogP) is 1.33. The van der Waals surface area contributed by atoms with Crippen molar-refractivity contribution in [2.75, 3.05) is 37.9 Å². The largest absolute Gasteiger partial charge is 0.481 e. The van der Waals surface area contributed by atoms with Crippen LogP contribution in [-0.4, -0.2) is 62.6 Å². The average Bonchev–Trinajstić information content (AvgIpc) is 2.76. The molecule has 3 aromatic heterocycles. The summed E-state index contributed by atoms with van der Waals surface area (Å²) in [5, 5.41) is 3.23. The SMILES string of the molecule is COc1ccc(Nc2ncc(CN3CCOCC3=O)cc2-c2nc(C)nc(N)n2)cn1. The molecule has 3 N–H and O–H groups in total. The van der Waals surface area contributed by atoms with E-state index in [-0.39, 0.29) is 18.5 Å². The van der Waals surface area contributed by atoms with Crippen LogP contribution in [-0.2, 0) is 16.1 Å². The normalized spacial score (nSPS) is 13.9. The number of morpholine rings is 1. The summed E-state index contributed by atoms with van der Waals surface area (Å²) in [6.45, 7) is 3.29. The van der Waals surface area contributed by atoms with Crippen LogP contribution in [0.3, 0.4) is 0 Å². The number of pyridine rings is 2. The van der Waals surface area contributed by atoms with Crippen molar-refractivity contribution in [2.24, 2.45) is 0 Å². The van der Waals surface area contributed by atoms with Crippen molar-refractivity contribution in [3.8, 4) is 17.3 Å². The van der Waals surface area contributed by atoms with Gasteiger partial charge in [-0.05, 0) is 24.6 Å². The molecule has 1 amide bonds. The van der Waals surface area contributed by atoms with Gasteiger partial charge in [0.25, 0.3) is 0 Å². The lowest BCUT2D eigenvalue weighted by molar-refractivity contribution is -0.143. The van der Waals surface area contributed by atoms with E-state index in [1.165, 1.54) is 0 Å². The Bertz CT molecular complexity index is 1070. The molecule has 0 radical (unpaired) electrons. The van der Waals surface area contributed by atoms with Crippen molar-refractivity contribution in [3.05, 3.63) is 42.0 Å². The van der Waals surface area contributed by atoms with Gasteiger partial charge in [-0.25, -0.2) is 15.0 Å². The Hall–Kier alpha value is -3.86. The van der Waals surface area contributed by atoms with Gasteiger partial charge < -0.3 is 25.4 Å². The molecule has 0 aromatic carbocycles. The molecule has 3 aromatic rings. The van der Waals surface area contributed by atoms with Gasteiger partial charge in [0.15, 0.2) is 5.82 Å².